The highest BCUT2D eigenvalue weighted by atomic mass is 32.1. The molecule has 0 aromatic carbocycles. The Morgan fingerprint density at radius 1 is 1.27 bits per heavy atom. The molecular formula is C18H25N3S. The molecule has 5 rings (SSSR count). The van der Waals surface area contributed by atoms with Crippen LogP contribution in [-0.4, -0.2) is 27.6 Å². The van der Waals surface area contributed by atoms with Gasteiger partial charge in [-0.3, -0.25) is 4.98 Å². The summed E-state index contributed by atoms with van der Waals surface area (Å²) >= 11 is 5.71. The first-order chi connectivity index (χ1) is 10.6. The lowest BCUT2D eigenvalue weighted by molar-refractivity contribution is -0.0110. The zero-order valence-electron chi connectivity index (χ0n) is 13.3. The summed E-state index contributed by atoms with van der Waals surface area (Å²) in [5.74, 6) is 2.85. The van der Waals surface area contributed by atoms with Gasteiger partial charge in [-0.1, -0.05) is 6.07 Å². The average Bonchev–Trinajstić information content (AvgIpc) is 2.46. The van der Waals surface area contributed by atoms with Gasteiger partial charge in [0.25, 0.3) is 0 Å². The van der Waals surface area contributed by atoms with Crippen molar-refractivity contribution in [1.82, 2.24) is 15.2 Å². The lowest BCUT2D eigenvalue weighted by Gasteiger charge is -2.57. The van der Waals surface area contributed by atoms with Crippen molar-refractivity contribution in [3.63, 3.8) is 0 Å². The van der Waals surface area contributed by atoms with E-state index in [9.17, 15) is 0 Å². The fraction of sp³-hybridized carbons (Fsp3) is 0.667. The van der Waals surface area contributed by atoms with Crippen LogP contribution in [0.3, 0.4) is 0 Å². The fourth-order valence-electron chi connectivity index (χ4n) is 5.42. The molecule has 1 N–H and O–H groups in total. The highest BCUT2D eigenvalue weighted by Crippen LogP contribution is 2.55. The van der Waals surface area contributed by atoms with Crippen molar-refractivity contribution in [2.75, 3.05) is 7.05 Å². The van der Waals surface area contributed by atoms with Gasteiger partial charge in [-0.15, -0.1) is 0 Å². The Balaban J connectivity index is 1.41. The molecule has 4 aliphatic rings. The third kappa shape index (κ3) is 2.73. The number of thiocarbonyl (C=S) groups is 1. The Morgan fingerprint density at radius 2 is 1.91 bits per heavy atom. The van der Waals surface area contributed by atoms with Gasteiger partial charge in [-0.2, -0.15) is 0 Å². The smallest absolute Gasteiger partial charge is 0.169 e. The fourth-order valence-corrected chi connectivity index (χ4v) is 5.70. The number of nitrogens with zero attached hydrogens (tertiary/aromatic N) is 2. The maximum absolute atomic E-state index is 5.71. The molecule has 1 aromatic rings. The van der Waals surface area contributed by atoms with Gasteiger partial charge < -0.3 is 10.2 Å². The van der Waals surface area contributed by atoms with Crippen molar-refractivity contribution >= 4 is 17.3 Å². The Kier molecular flexibility index (Phi) is 3.60. The molecule has 118 valence electrons. The largest absolute Gasteiger partial charge is 0.357 e. The molecule has 0 saturated heterocycles. The number of hydrogen-bond acceptors (Lipinski definition) is 2. The summed E-state index contributed by atoms with van der Waals surface area (Å²) < 4.78 is 0. The summed E-state index contributed by atoms with van der Waals surface area (Å²) in [5.41, 5.74) is 1.51. The molecule has 0 amide bonds. The van der Waals surface area contributed by atoms with Crippen LogP contribution in [0.4, 0.5) is 0 Å². The molecular weight excluding hydrogens is 290 g/mol. The van der Waals surface area contributed by atoms with Crippen LogP contribution in [0.15, 0.2) is 24.5 Å². The molecule has 1 heterocycles. The molecule has 0 spiro atoms. The van der Waals surface area contributed by atoms with Gasteiger partial charge in [0.1, 0.15) is 0 Å². The summed E-state index contributed by atoms with van der Waals surface area (Å²) in [4.78, 5) is 6.34. The van der Waals surface area contributed by atoms with E-state index in [1.54, 1.807) is 0 Å². The van der Waals surface area contributed by atoms with Gasteiger partial charge in [-0.05, 0) is 80.1 Å². The summed E-state index contributed by atoms with van der Waals surface area (Å²) in [5, 5.41) is 4.69. The van der Waals surface area contributed by atoms with Crippen molar-refractivity contribution in [1.29, 1.82) is 0 Å². The third-order valence-corrected chi connectivity index (χ3v) is 6.31. The molecule has 3 nitrogen and oxygen atoms in total. The van der Waals surface area contributed by atoms with Crippen molar-refractivity contribution in [3.8, 4) is 0 Å². The van der Waals surface area contributed by atoms with Crippen LogP contribution in [0.5, 0.6) is 0 Å². The highest BCUT2D eigenvalue weighted by Gasteiger charge is 2.51. The van der Waals surface area contributed by atoms with Gasteiger partial charge in [0, 0.05) is 31.5 Å². The highest BCUT2D eigenvalue weighted by molar-refractivity contribution is 7.80. The molecule has 0 aliphatic heterocycles. The maximum atomic E-state index is 5.71. The van der Waals surface area contributed by atoms with E-state index in [4.69, 9.17) is 12.2 Å². The second kappa shape index (κ2) is 5.48. The minimum atomic E-state index is 0.301. The minimum absolute atomic E-state index is 0.301. The lowest BCUT2D eigenvalue weighted by Crippen LogP contribution is -2.61. The molecule has 4 saturated carbocycles. The monoisotopic (exact) mass is 315 g/mol. The molecule has 4 bridgehead atoms. The molecule has 4 heteroatoms. The number of rotatable bonds is 3. The Labute approximate surface area is 138 Å². The molecule has 22 heavy (non-hydrogen) atoms. The second-order valence-corrected chi connectivity index (χ2v) is 8.23. The van der Waals surface area contributed by atoms with Crippen molar-refractivity contribution in [2.45, 2.75) is 50.6 Å². The molecule has 0 atom stereocenters. The van der Waals surface area contributed by atoms with Crippen molar-refractivity contribution in [2.24, 2.45) is 17.8 Å². The van der Waals surface area contributed by atoms with Crippen molar-refractivity contribution in [3.05, 3.63) is 30.1 Å². The maximum Gasteiger partial charge on any atom is 0.169 e. The van der Waals surface area contributed by atoms with E-state index in [1.165, 1.54) is 44.1 Å². The predicted octanol–water partition coefficient (Wildman–Crippen LogP) is 3.36. The van der Waals surface area contributed by atoms with Crippen LogP contribution < -0.4 is 5.32 Å². The number of nitrogens with one attached hydrogen (secondary N) is 1. The van der Waals surface area contributed by atoms with Crippen LogP contribution in [0.25, 0.3) is 0 Å². The van der Waals surface area contributed by atoms with E-state index in [-0.39, 0.29) is 0 Å². The summed E-state index contributed by atoms with van der Waals surface area (Å²) in [6.07, 6.45) is 12.1. The topological polar surface area (TPSA) is 28.2 Å². The van der Waals surface area contributed by atoms with Gasteiger partial charge in [0.05, 0.1) is 0 Å². The predicted molar refractivity (Wildman–Crippen MR) is 92.3 cm³/mol. The molecule has 4 aliphatic carbocycles. The normalized spacial score (nSPS) is 35.4. The second-order valence-electron chi connectivity index (χ2n) is 7.85. The van der Waals surface area contributed by atoms with E-state index >= 15 is 0 Å². The van der Waals surface area contributed by atoms with E-state index in [2.05, 4.69) is 28.3 Å². The van der Waals surface area contributed by atoms with Crippen molar-refractivity contribution < 1.29 is 0 Å². The van der Waals surface area contributed by atoms with E-state index < -0.39 is 0 Å². The standard InChI is InChI=1S/C18H25N3S/c1-21(12-13-3-2-4-19-11-13)17(22)20-18-8-14-5-15(9-18)7-16(6-14)10-18/h2-4,11,14-16H,5-10,12H2,1H3,(H,20,22). The number of hydrogen-bond donors (Lipinski definition) is 1. The van der Waals surface area contributed by atoms with Crippen LogP contribution in [0.1, 0.15) is 44.1 Å². The third-order valence-electron chi connectivity index (χ3n) is 5.90. The van der Waals surface area contributed by atoms with Gasteiger partial charge in [-0.25, -0.2) is 0 Å². The quantitative estimate of drug-likeness (QED) is 0.866. The van der Waals surface area contributed by atoms with E-state index in [1.807, 2.05) is 18.5 Å². The summed E-state index contributed by atoms with van der Waals surface area (Å²) in [6.45, 7) is 0.825. The summed E-state index contributed by atoms with van der Waals surface area (Å²) in [6, 6.07) is 4.09. The van der Waals surface area contributed by atoms with E-state index in [0.29, 0.717) is 5.54 Å². The van der Waals surface area contributed by atoms with Crippen LogP contribution in [0, 0.1) is 17.8 Å². The minimum Gasteiger partial charge on any atom is -0.357 e. The average molecular weight is 315 g/mol. The number of aromatic nitrogens is 1. The first kappa shape index (κ1) is 14.4. The first-order valence-corrected chi connectivity index (χ1v) is 8.95. The summed E-state index contributed by atoms with van der Waals surface area (Å²) in [7, 11) is 2.09. The Bertz CT molecular complexity index is 521. The van der Waals surface area contributed by atoms with Crippen LogP contribution in [-0.2, 0) is 6.54 Å². The number of pyridine rings is 1. The molecule has 0 radical (unpaired) electrons. The zero-order valence-corrected chi connectivity index (χ0v) is 14.1. The molecule has 4 fully saturated rings. The SMILES string of the molecule is CN(Cc1cccnc1)C(=S)NC12CC3CC(CC(C3)C1)C2. The first-order valence-electron chi connectivity index (χ1n) is 8.54. The van der Waals surface area contributed by atoms with Crippen LogP contribution in [0.2, 0.25) is 0 Å². The van der Waals surface area contributed by atoms with Crippen LogP contribution >= 0.6 is 12.2 Å². The molecule has 1 aromatic heterocycles. The zero-order chi connectivity index (χ0) is 15.2. The molecule has 0 unspecified atom stereocenters. The Hall–Kier alpha value is -1.16. The van der Waals surface area contributed by atoms with Gasteiger partial charge in [0.2, 0.25) is 0 Å². The van der Waals surface area contributed by atoms with Gasteiger partial charge >= 0.3 is 0 Å². The van der Waals surface area contributed by atoms with Gasteiger partial charge in [0.15, 0.2) is 5.11 Å². The van der Waals surface area contributed by atoms with E-state index in [0.717, 1.165) is 29.4 Å². The Morgan fingerprint density at radius 3 is 2.45 bits per heavy atom. The lowest BCUT2D eigenvalue weighted by atomic mass is 9.53.